The highest BCUT2D eigenvalue weighted by Crippen LogP contribution is 2.28. The molecule has 1 aromatic carbocycles. The molecule has 22 heavy (non-hydrogen) atoms. The fourth-order valence-electron chi connectivity index (χ4n) is 2.12. The third-order valence-corrected chi connectivity index (χ3v) is 4.93. The second kappa shape index (κ2) is 5.11. The van der Waals surface area contributed by atoms with Crippen LogP contribution < -0.4 is 11.3 Å². The van der Waals surface area contributed by atoms with Crippen molar-refractivity contribution in [2.75, 3.05) is 5.73 Å². The number of nitrogens with two attached hydrogens (primary N) is 1. The molecule has 0 saturated carbocycles. The van der Waals surface area contributed by atoms with E-state index in [1.807, 2.05) is 24.3 Å². The number of H-pyrrole nitrogens is 1. The molecule has 0 aliphatic rings. The summed E-state index contributed by atoms with van der Waals surface area (Å²) in [7, 11) is 0. The van der Waals surface area contributed by atoms with Gasteiger partial charge in [-0.15, -0.1) is 10.2 Å². The maximum absolute atomic E-state index is 12.1. The molecule has 9 heteroatoms. The van der Waals surface area contributed by atoms with Crippen LogP contribution in [0, 0.1) is 0 Å². The van der Waals surface area contributed by atoms with Gasteiger partial charge >= 0.3 is 0 Å². The van der Waals surface area contributed by atoms with Crippen LogP contribution in [0.4, 0.5) is 5.13 Å². The molecular weight excluding hydrogens is 322 g/mol. The van der Waals surface area contributed by atoms with Gasteiger partial charge in [0.05, 0.1) is 5.75 Å². The number of benzene rings is 1. The number of hydrogen-bond donors (Lipinski definition) is 2. The van der Waals surface area contributed by atoms with Crippen LogP contribution in [0.2, 0.25) is 0 Å². The summed E-state index contributed by atoms with van der Waals surface area (Å²) in [6, 6.07) is 7.44. The zero-order valence-electron chi connectivity index (χ0n) is 11.1. The molecule has 0 atom stereocenters. The molecule has 4 rings (SSSR count). The van der Waals surface area contributed by atoms with Crippen molar-refractivity contribution < 1.29 is 4.42 Å². The van der Waals surface area contributed by atoms with Gasteiger partial charge in [0.15, 0.2) is 4.34 Å². The number of anilines is 1. The Hall–Kier alpha value is -2.39. The molecule has 0 amide bonds. The highest BCUT2D eigenvalue weighted by Gasteiger charge is 2.13. The van der Waals surface area contributed by atoms with Crippen molar-refractivity contribution in [3.63, 3.8) is 0 Å². The first kappa shape index (κ1) is 13.3. The fourth-order valence-corrected chi connectivity index (χ4v) is 3.63. The van der Waals surface area contributed by atoms with Crippen molar-refractivity contribution in [3.8, 4) is 0 Å². The molecule has 3 N–H and O–H groups in total. The van der Waals surface area contributed by atoms with Crippen LogP contribution in [-0.4, -0.2) is 20.2 Å². The van der Waals surface area contributed by atoms with Crippen molar-refractivity contribution in [1.82, 2.24) is 20.2 Å². The first-order valence-corrected chi connectivity index (χ1v) is 8.13. The molecular formula is C13H9N5O2S2. The van der Waals surface area contributed by atoms with E-state index in [1.54, 1.807) is 0 Å². The lowest BCUT2D eigenvalue weighted by Gasteiger charge is -1.98. The van der Waals surface area contributed by atoms with Gasteiger partial charge in [-0.3, -0.25) is 4.79 Å². The number of aromatic nitrogens is 4. The average Bonchev–Trinajstić information content (AvgIpc) is 3.09. The number of hydrogen-bond acceptors (Lipinski definition) is 8. The number of para-hydroxylation sites is 1. The summed E-state index contributed by atoms with van der Waals surface area (Å²) in [6.45, 7) is 0. The number of nitrogens with one attached hydrogen (secondary N) is 1. The van der Waals surface area contributed by atoms with Gasteiger partial charge in [-0.1, -0.05) is 35.2 Å². The second-order valence-corrected chi connectivity index (χ2v) is 6.72. The lowest BCUT2D eigenvalue weighted by Crippen LogP contribution is -2.10. The summed E-state index contributed by atoms with van der Waals surface area (Å²) in [5, 5.41) is 8.92. The Bertz CT molecular complexity index is 1040. The lowest BCUT2D eigenvalue weighted by molar-refractivity contribution is 0.660. The molecule has 0 saturated heterocycles. The number of furan rings is 1. The second-order valence-electron chi connectivity index (χ2n) is 4.48. The van der Waals surface area contributed by atoms with E-state index in [0.717, 1.165) is 9.73 Å². The highest BCUT2D eigenvalue weighted by molar-refractivity contribution is 8.00. The van der Waals surface area contributed by atoms with E-state index in [9.17, 15) is 4.79 Å². The molecule has 110 valence electrons. The van der Waals surface area contributed by atoms with E-state index in [-0.39, 0.29) is 11.1 Å². The quantitative estimate of drug-likeness (QED) is 0.554. The Balaban J connectivity index is 1.75. The molecule has 0 fully saturated rings. The third kappa shape index (κ3) is 2.24. The molecule has 3 aromatic heterocycles. The van der Waals surface area contributed by atoms with Crippen LogP contribution in [0.5, 0.6) is 0 Å². The van der Waals surface area contributed by atoms with Crippen molar-refractivity contribution in [2.24, 2.45) is 0 Å². The number of fused-ring (bicyclic) bond motifs is 3. The zero-order valence-corrected chi connectivity index (χ0v) is 12.7. The predicted octanol–water partition coefficient (Wildman–Crippen LogP) is 2.40. The molecule has 0 aliphatic carbocycles. The number of thioether (sulfide) groups is 1. The Kier molecular flexibility index (Phi) is 3.09. The summed E-state index contributed by atoms with van der Waals surface area (Å²) in [5.41, 5.74) is 6.73. The molecule has 7 nitrogen and oxygen atoms in total. The minimum atomic E-state index is -0.284. The van der Waals surface area contributed by atoms with Gasteiger partial charge < -0.3 is 15.1 Å². The summed E-state index contributed by atoms with van der Waals surface area (Å²) in [4.78, 5) is 19.4. The van der Waals surface area contributed by atoms with E-state index >= 15 is 0 Å². The van der Waals surface area contributed by atoms with Gasteiger partial charge in [0, 0.05) is 5.39 Å². The van der Waals surface area contributed by atoms with E-state index in [1.165, 1.54) is 23.1 Å². The largest absolute Gasteiger partial charge is 0.449 e. The topological polar surface area (TPSA) is 111 Å². The van der Waals surface area contributed by atoms with E-state index in [0.29, 0.717) is 27.8 Å². The van der Waals surface area contributed by atoms with Crippen molar-refractivity contribution in [2.45, 2.75) is 10.1 Å². The van der Waals surface area contributed by atoms with Gasteiger partial charge in [-0.05, 0) is 12.1 Å². The fraction of sp³-hybridized carbons (Fsp3) is 0.0769. The van der Waals surface area contributed by atoms with Crippen molar-refractivity contribution >= 4 is 50.3 Å². The van der Waals surface area contributed by atoms with Gasteiger partial charge in [-0.2, -0.15) is 0 Å². The first-order chi connectivity index (χ1) is 10.7. The number of nitrogen functional groups attached to an aromatic ring is 1. The van der Waals surface area contributed by atoms with Gasteiger partial charge in [0.2, 0.25) is 10.7 Å². The lowest BCUT2D eigenvalue weighted by atomic mass is 10.2. The van der Waals surface area contributed by atoms with E-state index in [2.05, 4.69) is 20.2 Å². The Morgan fingerprint density at radius 1 is 1.32 bits per heavy atom. The number of nitrogens with zero attached hydrogens (tertiary/aromatic N) is 3. The average molecular weight is 331 g/mol. The zero-order chi connectivity index (χ0) is 15.1. The Morgan fingerprint density at radius 2 is 2.18 bits per heavy atom. The molecule has 3 heterocycles. The van der Waals surface area contributed by atoms with Crippen LogP contribution >= 0.6 is 23.1 Å². The first-order valence-electron chi connectivity index (χ1n) is 6.33. The molecule has 4 aromatic rings. The Morgan fingerprint density at radius 3 is 3.00 bits per heavy atom. The Labute approximate surface area is 131 Å². The van der Waals surface area contributed by atoms with Crippen molar-refractivity contribution in [3.05, 3.63) is 40.4 Å². The van der Waals surface area contributed by atoms with Gasteiger partial charge in [0.25, 0.3) is 5.56 Å². The van der Waals surface area contributed by atoms with E-state index < -0.39 is 0 Å². The molecule has 0 radical (unpaired) electrons. The summed E-state index contributed by atoms with van der Waals surface area (Å²) >= 11 is 2.72. The smallest absolute Gasteiger partial charge is 0.294 e. The monoisotopic (exact) mass is 331 g/mol. The molecule has 0 bridgehead atoms. The van der Waals surface area contributed by atoms with Crippen LogP contribution in [0.25, 0.3) is 22.1 Å². The molecule has 0 spiro atoms. The normalized spacial score (nSPS) is 11.5. The van der Waals surface area contributed by atoms with Crippen molar-refractivity contribution in [1.29, 1.82) is 0 Å². The number of aromatic amines is 1. The summed E-state index contributed by atoms with van der Waals surface area (Å²) in [6.07, 6.45) is 0. The minimum Gasteiger partial charge on any atom is -0.449 e. The van der Waals surface area contributed by atoms with Crippen LogP contribution in [-0.2, 0) is 5.75 Å². The van der Waals surface area contributed by atoms with Gasteiger partial charge in [-0.25, -0.2) is 4.98 Å². The van der Waals surface area contributed by atoms with Gasteiger partial charge in [0.1, 0.15) is 16.9 Å². The summed E-state index contributed by atoms with van der Waals surface area (Å²) in [5.74, 6) is 1.03. The molecule has 0 unspecified atom stereocenters. The standard InChI is InChI=1S/C13H9N5O2S2/c14-12-17-18-13(22-12)21-5-8-15-9-6-3-1-2-4-7(6)20-10(9)11(19)16-8/h1-4H,5H2,(H2,14,17)(H,15,16,19). The number of rotatable bonds is 3. The highest BCUT2D eigenvalue weighted by atomic mass is 32.2. The van der Waals surface area contributed by atoms with E-state index in [4.69, 9.17) is 10.2 Å². The van der Waals surface area contributed by atoms with Crippen LogP contribution in [0.3, 0.4) is 0 Å². The summed E-state index contributed by atoms with van der Waals surface area (Å²) < 4.78 is 6.29. The van der Waals surface area contributed by atoms with Crippen LogP contribution in [0.15, 0.2) is 37.8 Å². The third-order valence-electron chi connectivity index (χ3n) is 3.03. The SMILES string of the molecule is Nc1nnc(SCc2nc3c(oc4ccccc43)c(=O)[nH]2)s1. The maximum atomic E-state index is 12.1. The minimum absolute atomic E-state index is 0.245. The van der Waals surface area contributed by atoms with Crippen LogP contribution in [0.1, 0.15) is 5.82 Å². The molecule has 0 aliphatic heterocycles. The predicted molar refractivity (Wildman–Crippen MR) is 86.0 cm³/mol. The maximum Gasteiger partial charge on any atom is 0.294 e.